The molecule has 7 fully saturated rings. The van der Waals surface area contributed by atoms with Crippen LogP contribution < -0.4 is 0 Å². The van der Waals surface area contributed by atoms with Gasteiger partial charge in [0.05, 0.1) is 25.6 Å². The Morgan fingerprint density at radius 2 is 1.70 bits per heavy atom. The van der Waals surface area contributed by atoms with Gasteiger partial charge in [0.25, 0.3) is 0 Å². The summed E-state index contributed by atoms with van der Waals surface area (Å²) < 4.78 is 41.8. The Labute approximate surface area is 252 Å². The van der Waals surface area contributed by atoms with E-state index in [2.05, 4.69) is 6.92 Å². The lowest BCUT2D eigenvalue weighted by Crippen LogP contribution is -2.84. The smallest absolute Gasteiger partial charge is 0.334 e. The van der Waals surface area contributed by atoms with Crippen LogP contribution in [0.25, 0.3) is 0 Å². The van der Waals surface area contributed by atoms with Crippen molar-refractivity contribution in [2.75, 3.05) is 13.2 Å². The predicted octanol–water partition coefficient (Wildman–Crippen LogP) is -1.22. The minimum atomic E-state index is -1.75. The first-order valence-electron chi connectivity index (χ1n) is 15.5. The second kappa shape index (κ2) is 9.22. The van der Waals surface area contributed by atoms with Gasteiger partial charge in [0.2, 0.25) is 6.29 Å². The van der Waals surface area contributed by atoms with Crippen molar-refractivity contribution in [2.45, 2.75) is 125 Å². The molecule has 0 aromatic heterocycles. The highest BCUT2D eigenvalue weighted by Crippen LogP contribution is 2.82. The molecule has 5 saturated heterocycles. The highest BCUT2D eigenvalue weighted by Gasteiger charge is 2.99. The maximum absolute atomic E-state index is 13.4. The highest BCUT2D eigenvalue weighted by atomic mass is 16.7. The molecule has 4 unspecified atom stereocenters. The zero-order valence-corrected chi connectivity index (χ0v) is 24.7. The highest BCUT2D eigenvalue weighted by molar-refractivity contribution is 5.92. The summed E-state index contributed by atoms with van der Waals surface area (Å²) in [5, 5.41) is 39.4. The molecule has 14 heteroatoms. The van der Waals surface area contributed by atoms with E-state index in [4.69, 9.17) is 33.2 Å². The van der Waals surface area contributed by atoms with Crippen molar-refractivity contribution >= 4 is 17.9 Å². The summed E-state index contributed by atoms with van der Waals surface area (Å²) >= 11 is 0. The molecule has 2 spiro atoms. The fraction of sp³-hybridized carbons (Fsp3) is 0.833. The molecule has 0 aromatic rings. The Morgan fingerprint density at radius 1 is 1.00 bits per heavy atom. The van der Waals surface area contributed by atoms with Gasteiger partial charge in [-0.3, -0.25) is 9.59 Å². The van der Waals surface area contributed by atoms with Crippen LogP contribution in [-0.4, -0.2) is 123 Å². The zero-order chi connectivity index (χ0) is 31.1. The number of cyclic esters (lactones) is 1. The van der Waals surface area contributed by atoms with Gasteiger partial charge in [-0.1, -0.05) is 20.8 Å². The average Bonchev–Trinajstić information content (AvgIpc) is 3.86. The van der Waals surface area contributed by atoms with Gasteiger partial charge < -0.3 is 53.6 Å². The van der Waals surface area contributed by atoms with Gasteiger partial charge in [-0.2, -0.15) is 0 Å². The average molecular weight is 623 g/mol. The first-order valence-corrected chi connectivity index (χ1v) is 15.5. The first kappa shape index (κ1) is 29.2. The molecule has 0 aromatic carbocycles. The van der Waals surface area contributed by atoms with Gasteiger partial charge in [0, 0.05) is 23.3 Å². The van der Waals surface area contributed by atoms with E-state index in [1.165, 1.54) is 0 Å². The van der Waals surface area contributed by atoms with Gasteiger partial charge in [-0.15, -0.1) is 0 Å². The third-order valence-electron chi connectivity index (χ3n) is 11.9. The van der Waals surface area contributed by atoms with Gasteiger partial charge >= 0.3 is 17.9 Å². The van der Waals surface area contributed by atoms with Gasteiger partial charge in [0.1, 0.15) is 60.0 Å². The lowest BCUT2D eigenvalue weighted by atomic mass is 9.42. The van der Waals surface area contributed by atoms with Crippen LogP contribution in [0.3, 0.4) is 0 Å². The van der Waals surface area contributed by atoms with Crippen LogP contribution in [-0.2, 0) is 47.5 Å². The molecule has 14 nitrogen and oxygen atoms in total. The summed E-state index contributed by atoms with van der Waals surface area (Å²) in [5.41, 5.74) is -1.17. The number of hydrogen-bond donors (Lipinski definition) is 4. The maximum Gasteiger partial charge on any atom is 0.334 e. The summed E-state index contributed by atoms with van der Waals surface area (Å²) in [6, 6.07) is 0. The fourth-order valence-corrected chi connectivity index (χ4v) is 9.80. The largest absolute Gasteiger partial charge is 0.458 e. The van der Waals surface area contributed by atoms with Gasteiger partial charge in [-0.25, -0.2) is 4.79 Å². The van der Waals surface area contributed by atoms with E-state index >= 15 is 0 Å². The third kappa shape index (κ3) is 3.35. The first-order chi connectivity index (χ1) is 20.9. The second-order valence-corrected chi connectivity index (χ2v) is 14.1. The van der Waals surface area contributed by atoms with Crippen molar-refractivity contribution in [3.8, 4) is 0 Å². The van der Waals surface area contributed by atoms with E-state index in [1.807, 2.05) is 13.8 Å². The molecule has 6 aliphatic heterocycles. The van der Waals surface area contributed by atoms with Crippen molar-refractivity contribution in [1.29, 1.82) is 0 Å². The quantitative estimate of drug-likeness (QED) is 0.149. The molecule has 4 N–H and O–H groups in total. The van der Waals surface area contributed by atoms with Crippen molar-refractivity contribution in [3.63, 3.8) is 0 Å². The van der Waals surface area contributed by atoms with Crippen LogP contribution in [0.1, 0.15) is 52.9 Å². The van der Waals surface area contributed by atoms with Crippen LogP contribution in [0.2, 0.25) is 0 Å². The predicted molar refractivity (Wildman–Crippen MR) is 140 cm³/mol. The molecule has 44 heavy (non-hydrogen) atoms. The Hall–Kier alpha value is -2.17. The molecule has 2 bridgehead atoms. The second-order valence-electron chi connectivity index (χ2n) is 14.1. The number of aliphatic hydroxyl groups is 4. The summed E-state index contributed by atoms with van der Waals surface area (Å²) in [6.07, 6.45) is -8.34. The van der Waals surface area contributed by atoms with Gasteiger partial charge in [-0.05, 0) is 24.3 Å². The van der Waals surface area contributed by atoms with E-state index in [-0.39, 0.29) is 54.6 Å². The summed E-state index contributed by atoms with van der Waals surface area (Å²) in [7, 11) is 0. The molecule has 9 rings (SSSR count). The normalized spacial score (nSPS) is 52.4. The van der Waals surface area contributed by atoms with Crippen molar-refractivity contribution in [2.24, 2.45) is 17.3 Å². The van der Waals surface area contributed by atoms with Gasteiger partial charge in [0.15, 0.2) is 6.10 Å². The number of hydrogen-bond acceptors (Lipinski definition) is 14. The Kier molecular flexibility index (Phi) is 6.13. The van der Waals surface area contributed by atoms with Crippen molar-refractivity contribution < 1.29 is 68.0 Å². The van der Waals surface area contributed by atoms with Crippen LogP contribution in [0, 0.1) is 17.3 Å². The summed E-state index contributed by atoms with van der Waals surface area (Å²) in [5.74, 6) is -1.91. The summed E-state index contributed by atoms with van der Waals surface area (Å²) in [4.78, 5) is 38.4. The number of carbonyl (C=O) groups excluding carboxylic acids is 3. The van der Waals surface area contributed by atoms with Crippen LogP contribution in [0.4, 0.5) is 0 Å². The molecule has 6 heterocycles. The zero-order valence-electron chi connectivity index (χ0n) is 24.7. The molecule has 0 amide bonds. The van der Waals surface area contributed by atoms with Crippen LogP contribution >= 0.6 is 0 Å². The number of epoxide rings is 2. The topological polar surface area (TPSA) is 203 Å². The Morgan fingerprint density at radius 3 is 2.39 bits per heavy atom. The monoisotopic (exact) mass is 622 g/mol. The number of rotatable bonds is 7. The van der Waals surface area contributed by atoms with Crippen LogP contribution in [0.5, 0.6) is 0 Å². The van der Waals surface area contributed by atoms with E-state index in [9.17, 15) is 34.8 Å². The minimum Gasteiger partial charge on any atom is -0.458 e. The van der Waals surface area contributed by atoms with Crippen molar-refractivity contribution in [3.05, 3.63) is 11.1 Å². The van der Waals surface area contributed by atoms with E-state index in [1.54, 1.807) is 0 Å². The molecule has 2 saturated carbocycles. The number of esters is 3. The van der Waals surface area contributed by atoms with E-state index in [0.29, 0.717) is 19.3 Å². The van der Waals surface area contributed by atoms with Crippen molar-refractivity contribution in [1.82, 2.24) is 0 Å². The minimum absolute atomic E-state index is 0.0345. The molecular weight excluding hydrogens is 584 g/mol. The lowest BCUT2D eigenvalue weighted by Gasteiger charge is -2.70. The lowest BCUT2D eigenvalue weighted by molar-refractivity contribution is -0.367. The number of fused-ring (bicyclic) bond motifs is 2. The molecule has 14 atom stereocenters. The molecule has 0 radical (unpaired) electrons. The number of aliphatic hydroxyl groups excluding tert-OH is 4. The van der Waals surface area contributed by atoms with Crippen LogP contribution in [0.15, 0.2) is 11.1 Å². The van der Waals surface area contributed by atoms with E-state index < -0.39 is 78.6 Å². The fourth-order valence-electron chi connectivity index (χ4n) is 9.80. The SMILES string of the molecule is CC(C)[C@]12O[C@H]1[C@@H]1O[C@@]13[C@@]1(C)CCC4=C(COC4=O)[C@@H]1C1C[C@@]3(O1)[C@@H]2OC(=O)CCC(=O)O[C@@H]1OC(CO)[C@H](O)C(O)C1O. The maximum atomic E-state index is 13.4. The molecule has 9 aliphatic rings. The van der Waals surface area contributed by atoms with E-state index in [0.717, 1.165) is 11.1 Å². The summed E-state index contributed by atoms with van der Waals surface area (Å²) in [6.45, 7) is 5.79. The molecular formula is C30H38O14. The molecule has 3 aliphatic carbocycles. The third-order valence-corrected chi connectivity index (χ3v) is 11.9. The number of carbonyl (C=O) groups is 3. The Bertz CT molecular complexity index is 1340. The molecule has 242 valence electrons. The Balaban J connectivity index is 1.00. The number of ether oxygens (including phenoxy) is 7. The standard InChI is InChI=1S/C30H38O14/c1-11(2)29-22(43-29)23-30(44-23)27(3)7-6-12-13(10-38-24(12)37)18(27)14-8-28(30,42-14)26(29)41-17(33)5-4-16(32)40-25-21(36)20(35)19(34)15(9-31)39-25/h11,14-15,18-23,25-26,31,34-36H,4-10H2,1-3H3/t14?,15?,18-,19+,20?,21?,22+,23+,25+,26+,27+,28-,29+,30-/m1/s1.